The summed E-state index contributed by atoms with van der Waals surface area (Å²) in [5, 5.41) is 8.90. The first-order valence-corrected chi connectivity index (χ1v) is 5.52. The number of nitrogens with zero attached hydrogens (tertiary/aromatic N) is 4. The van der Waals surface area contributed by atoms with Gasteiger partial charge in [0.2, 0.25) is 0 Å². The summed E-state index contributed by atoms with van der Waals surface area (Å²) in [7, 11) is 0. The largest absolute Gasteiger partial charge is 0.393 e. The van der Waals surface area contributed by atoms with Crippen LogP contribution in [0.5, 0.6) is 0 Å². The molecule has 0 spiro atoms. The van der Waals surface area contributed by atoms with E-state index in [0.717, 1.165) is 0 Å². The van der Waals surface area contributed by atoms with Crippen molar-refractivity contribution in [1.82, 2.24) is 19.5 Å². The van der Waals surface area contributed by atoms with Crippen LogP contribution in [0.4, 0.5) is 0 Å². The van der Waals surface area contributed by atoms with Crippen molar-refractivity contribution in [1.29, 1.82) is 0 Å². The van der Waals surface area contributed by atoms with Gasteiger partial charge in [0.05, 0.1) is 18.6 Å². The van der Waals surface area contributed by atoms with E-state index in [1.165, 1.54) is 17.2 Å². The topological polar surface area (TPSA) is 107 Å². The number of aldehydes is 2. The van der Waals surface area contributed by atoms with Crippen molar-refractivity contribution in [2.45, 2.75) is 19.3 Å². The van der Waals surface area contributed by atoms with E-state index in [2.05, 4.69) is 15.0 Å². The zero-order valence-corrected chi connectivity index (χ0v) is 10.1. The molecule has 100 valence electrons. The number of hydrogen-bond donors (Lipinski definition) is 1. The predicted octanol–water partition coefficient (Wildman–Crippen LogP) is -0.591. The maximum atomic E-state index is 11.1. The molecule has 0 aliphatic heterocycles. The Labute approximate surface area is 108 Å². The Morgan fingerprint density at radius 2 is 2.16 bits per heavy atom. The lowest BCUT2D eigenvalue weighted by molar-refractivity contribution is -0.139. The van der Waals surface area contributed by atoms with Crippen LogP contribution in [0.2, 0.25) is 0 Å². The van der Waals surface area contributed by atoms with Gasteiger partial charge in [-0.25, -0.2) is 15.0 Å². The first kappa shape index (κ1) is 13.2. The van der Waals surface area contributed by atoms with Crippen LogP contribution in [0.3, 0.4) is 0 Å². The van der Waals surface area contributed by atoms with Crippen LogP contribution in [0, 0.1) is 6.92 Å². The third-order valence-corrected chi connectivity index (χ3v) is 2.58. The number of rotatable bonds is 6. The van der Waals surface area contributed by atoms with E-state index in [1.54, 1.807) is 6.92 Å². The van der Waals surface area contributed by atoms with Crippen molar-refractivity contribution in [3.05, 3.63) is 18.3 Å². The summed E-state index contributed by atoms with van der Waals surface area (Å²) in [5.74, 6) is 0. The summed E-state index contributed by atoms with van der Waals surface area (Å²) in [4.78, 5) is 33.8. The second kappa shape index (κ2) is 5.63. The van der Waals surface area contributed by atoms with Crippen LogP contribution in [-0.4, -0.2) is 49.9 Å². The zero-order valence-electron chi connectivity index (χ0n) is 10.1. The molecule has 2 aromatic heterocycles. The van der Waals surface area contributed by atoms with Crippen molar-refractivity contribution >= 4 is 23.7 Å². The number of hydrogen-bond acceptors (Lipinski definition) is 7. The van der Waals surface area contributed by atoms with Crippen molar-refractivity contribution < 1.29 is 19.4 Å². The summed E-state index contributed by atoms with van der Waals surface area (Å²) in [6, 6.07) is 0. The van der Waals surface area contributed by atoms with Crippen molar-refractivity contribution in [3.63, 3.8) is 0 Å². The molecule has 1 N–H and O–H groups in total. The second-order valence-corrected chi connectivity index (χ2v) is 3.80. The Morgan fingerprint density at radius 3 is 2.79 bits per heavy atom. The zero-order chi connectivity index (χ0) is 13.8. The monoisotopic (exact) mass is 264 g/mol. The van der Waals surface area contributed by atoms with Gasteiger partial charge in [0.25, 0.3) is 0 Å². The molecule has 0 amide bonds. The summed E-state index contributed by atoms with van der Waals surface area (Å²) < 4.78 is 6.55. The summed E-state index contributed by atoms with van der Waals surface area (Å²) in [6.07, 6.45) is 1.50. The molecule has 0 saturated heterocycles. The van der Waals surface area contributed by atoms with Crippen LogP contribution < -0.4 is 0 Å². The highest BCUT2D eigenvalue weighted by Crippen LogP contribution is 2.17. The standard InChI is InChI=1S/C11H12N4O4/c1-7-10-11(13-5-12-7)15(6-14-10)9(4-18)19-8(2-16)3-17/h2,4-6,8-9,17H,3H2,1H3. The van der Waals surface area contributed by atoms with Gasteiger partial charge in [-0.05, 0) is 6.92 Å². The van der Waals surface area contributed by atoms with E-state index < -0.39 is 18.9 Å². The molecule has 2 atom stereocenters. The SMILES string of the molecule is Cc1ncnc2c1ncn2C(C=O)OC(C=O)CO. The van der Waals surface area contributed by atoms with Crippen molar-refractivity contribution in [2.24, 2.45) is 0 Å². The smallest absolute Gasteiger partial charge is 0.193 e. The van der Waals surface area contributed by atoms with Gasteiger partial charge in [0, 0.05) is 0 Å². The van der Waals surface area contributed by atoms with Crippen LogP contribution in [0.1, 0.15) is 11.9 Å². The number of aromatic nitrogens is 4. The normalized spacial score (nSPS) is 14.2. The molecule has 0 fully saturated rings. The van der Waals surface area contributed by atoms with Crippen LogP contribution in [0.25, 0.3) is 11.2 Å². The first-order valence-electron chi connectivity index (χ1n) is 5.52. The van der Waals surface area contributed by atoms with Gasteiger partial charge in [-0.15, -0.1) is 0 Å². The number of aliphatic hydroxyl groups is 1. The third-order valence-electron chi connectivity index (χ3n) is 2.58. The van der Waals surface area contributed by atoms with E-state index in [-0.39, 0.29) is 0 Å². The van der Waals surface area contributed by atoms with Gasteiger partial charge >= 0.3 is 0 Å². The van der Waals surface area contributed by atoms with Crippen LogP contribution in [-0.2, 0) is 14.3 Å². The summed E-state index contributed by atoms with van der Waals surface area (Å²) in [6.45, 7) is 1.26. The number of aryl methyl sites for hydroxylation is 1. The van der Waals surface area contributed by atoms with Gasteiger partial charge in [-0.1, -0.05) is 0 Å². The molecule has 2 aromatic rings. The van der Waals surface area contributed by atoms with Crippen LogP contribution in [0.15, 0.2) is 12.7 Å². The lowest BCUT2D eigenvalue weighted by atomic mass is 10.4. The van der Waals surface area contributed by atoms with Gasteiger partial charge in [0.15, 0.2) is 24.4 Å². The minimum absolute atomic E-state index is 0.423. The number of imidazole rings is 1. The fraction of sp³-hybridized carbons (Fsp3) is 0.364. The molecule has 0 aliphatic carbocycles. The van der Waals surface area contributed by atoms with E-state index in [0.29, 0.717) is 29.4 Å². The third kappa shape index (κ3) is 2.49. The van der Waals surface area contributed by atoms with Crippen LogP contribution >= 0.6 is 0 Å². The second-order valence-electron chi connectivity index (χ2n) is 3.80. The lowest BCUT2D eigenvalue weighted by Gasteiger charge is -2.16. The molecule has 0 aromatic carbocycles. The molecule has 0 saturated carbocycles. The number of ether oxygens (including phenoxy) is 1. The number of fused-ring (bicyclic) bond motifs is 1. The minimum atomic E-state index is -1.08. The van der Waals surface area contributed by atoms with Crippen molar-refractivity contribution in [2.75, 3.05) is 6.61 Å². The fourth-order valence-electron chi connectivity index (χ4n) is 1.62. The number of carbonyl (C=O) groups is 2. The maximum absolute atomic E-state index is 11.1. The molecule has 8 nitrogen and oxygen atoms in total. The Balaban J connectivity index is 2.38. The highest BCUT2D eigenvalue weighted by atomic mass is 16.5. The van der Waals surface area contributed by atoms with Gasteiger partial charge < -0.3 is 14.6 Å². The average Bonchev–Trinajstić information content (AvgIpc) is 2.86. The highest BCUT2D eigenvalue weighted by Gasteiger charge is 2.19. The molecular weight excluding hydrogens is 252 g/mol. The molecular formula is C11H12N4O4. The number of aliphatic hydroxyl groups excluding tert-OH is 1. The Bertz CT molecular complexity index is 597. The van der Waals surface area contributed by atoms with E-state index in [1.807, 2.05) is 0 Å². The predicted molar refractivity (Wildman–Crippen MR) is 63.2 cm³/mol. The van der Waals surface area contributed by atoms with E-state index in [9.17, 15) is 9.59 Å². The Morgan fingerprint density at radius 1 is 1.37 bits per heavy atom. The molecule has 2 unspecified atom stereocenters. The molecule has 2 heterocycles. The summed E-state index contributed by atoms with van der Waals surface area (Å²) in [5.41, 5.74) is 1.64. The lowest BCUT2D eigenvalue weighted by Crippen LogP contribution is -2.26. The average molecular weight is 264 g/mol. The van der Waals surface area contributed by atoms with Gasteiger partial charge in [-0.3, -0.25) is 9.36 Å². The first-order chi connectivity index (χ1) is 9.21. The van der Waals surface area contributed by atoms with Crippen molar-refractivity contribution in [3.8, 4) is 0 Å². The highest BCUT2D eigenvalue weighted by molar-refractivity contribution is 5.74. The van der Waals surface area contributed by atoms with Gasteiger partial charge in [-0.2, -0.15) is 0 Å². The molecule has 0 radical (unpaired) electrons. The fourth-order valence-corrected chi connectivity index (χ4v) is 1.62. The molecule has 8 heteroatoms. The summed E-state index contributed by atoms with van der Waals surface area (Å²) >= 11 is 0. The Hall–Kier alpha value is -2.19. The quantitative estimate of drug-likeness (QED) is 0.694. The van der Waals surface area contributed by atoms with E-state index in [4.69, 9.17) is 9.84 Å². The minimum Gasteiger partial charge on any atom is -0.393 e. The number of carbonyl (C=O) groups excluding carboxylic acids is 2. The van der Waals surface area contributed by atoms with E-state index >= 15 is 0 Å². The maximum Gasteiger partial charge on any atom is 0.193 e. The van der Waals surface area contributed by atoms with Gasteiger partial charge in [0.1, 0.15) is 17.9 Å². The Kier molecular flexibility index (Phi) is 3.93. The molecule has 0 bridgehead atoms. The molecule has 19 heavy (non-hydrogen) atoms. The molecule has 2 rings (SSSR count). The molecule has 0 aliphatic rings.